The van der Waals surface area contributed by atoms with Gasteiger partial charge in [0, 0.05) is 35.1 Å². The average molecular weight is 221 g/mol. The zero-order chi connectivity index (χ0) is 10.7. The minimum absolute atomic E-state index is 0. The van der Waals surface area contributed by atoms with E-state index in [4.69, 9.17) is 0 Å². The molecule has 0 heterocycles. The van der Waals surface area contributed by atoms with Crippen LogP contribution in [0, 0.1) is 0 Å². The molecule has 77 valence electrons. The second-order valence-corrected chi connectivity index (χ2v) is 3.53. The SMILES string of the molecule is CCc1cccc(O)c1-c1ccccc1.[Na]. The van der Waals surface area contributed by atoms with Gasteiger partial charge in [-0.2, -0.15) is 0 Å². The quantitative estimate of drug-likeness (QED) is 0.772. The molecule has 0 atom stereocenters. The molecule has 0 unspecified atom stereocenters. The molecule has 0 amide bonds. The predicted molar refractivity (Wildman–Crippen MR) is 68.7 cm³/mol. The number of aryl methyl sites for hydroxylation is 1. The van der Waals surface area contributed by atoms with E-state index in [1.807, 2.05) is 36.4 Å². The molecular formula is C14H14NaO. The molecule has 0 spiro atoms. The summed E-state index contributed by atoms with van der Waals surface area (Å²) in [5.74, 6) is 0.362. The van der Waals surface area contributed by atoms with Gasteiger partial charge in [-0.15, -0.1) is 0 Å². The summed E-state index contributed by atoms with van der Waals surface area (Å²) in [7, 11) is 0. The maximum absolute atomic E-state index is 9.88. The summed E-state index contributed by atoms with van der Waals surface area (Å²) in [6, 6.07) is 15.7. The molecule has 2 aromatic carbocycles. The number of phenols is 1. The molecule has 0 bridgehead atoms. The first kappa shape index (κ1) is 13.3. The number of hydrogen-bond donors (Lipinski definition) is 1. The normalized spacial score (nSPS) is 9.56. The first-order valence-corrected chi connectivity index (χ1v) is 5.19. The van der Waals surface area contributed by atoms with E-state index in [0.29, 0.717) is 5.75 Å². The fourth-order valence-electron chi connectivity index (χ4n) is 1.82. The smallest absolute Gasteiger partial charge is 0.123 e. The Kier molecular flexibility index (Phi) is 5.07. The van der Waals surface area contributed by atoms with Crippen molar-refractivity contribution in [2.45, 2.75) is 13.3 Å². The number of hydrogen-bond acceptors (Lipinski definition) is 1. The maximum Gasteiger partial charge on any atom is 0.123 e. The Balaban J connectivity index is 0.00000128. The monoisotopic (exact) mass is 221 g/mol. The zero-order valence-corrected chi connectivity index (χ0v) is 11.8. The molecule has 0 saturated heterocycles. The van der Waals surface area contributed by atoms with Crippen LogP contribution in [0.15, 0.2) is 48.5 Å². The van der Waals surface area contributed by atoms with E-state index in [-0.39, 0.29) is 29.6 Å². The molecule has 0 fully saturated rings. The summed E-state index contributed by atoms with van der Waals surface area (Å²) < 4.78 is 0. The van der Waals surface area contributed by atoms with Gasteiger partial charge >= 0.3 is 0 Å². The molecule has 1 radical (unpaired) electrons. The summed E-state index contributed by atoms with van der Waals surface area (Å²) >= 11 is 0. The maximum atomic E-state index is 9.88. The molecule has 0 aliphatic carbocycles. The minimum atomic E-state index is 0. The fourth-order valence-corrected chi connectivity index (χ4v) is 1.82. The molecule has 0 saturated carbocycles. The van der Waals surface area contributed by atoms with Gasteiger partial charge in [-0.3, -0.25) is 0 Å². The number of rotatable bonds is 2. The molecule has 2 heteroatoms. The van der Waals surface area contributed by atoms with Gasteiger partial charge in [0.2, 0.25) is 0 Å². The Morgan fingerprint density at radius 2 is 1.62 bits per heavy atom. The third kappa shape index (κ3) is 2.67. The Morgan fingerprint density at radius 3 is 2.25 bits per heavy atom. The van der Waals surface area contributed by atoms with Crippen LogP contribution in [-0.4, -0.2) is 34.7 Å². The molecule has 2 aromatic rings. The van der Waals surface area contributed by atoms with E-state index >= 15 is 0 Å². The van der Waals surface area contributed by atoms with E-state index in [1.165, 1.54) is 5.56 Å². The van der Waals surface area contributed by atoms with Crippen LogP contribution in [0.1, 0.15) is 12.5 Å². The number of benzene rings is 2. The van der Waals surface area contributed by atoms with Crippen molar-refractivity contribution in [1.29, 1.82) is 0 Å². The minimum Gasteiger partial charge on any atom is -0.507 e. The third-order valence-corrected chi connectivity index (χ3v) is 2.57. The third-order valence-electron chi connectivity index (χ3n) is 2.57. The Labute approximate surface area is 118 Å². The molecule has 2 rings (SSSR count). The molecule has 1 nitrogen and oxygen atoms in total. The Morgan fingerprint density at radius 1 is 0.938 bits per heavy atom. The average Bonchev–Trinajstić information content (AvgIpc) is 2.29. The molecular weight excluding hydrogens is 207 g/mol. The van der Waals surface area contributed by atoms with E-state index in [0.717, 1.165) is 17.5 Å². The molecule has 16 heavy (non-hydrogen) atoms. The zero-order valence-electron chi connectivity index (χ0n) is 9.77. The van der Waals surface area contributed by atoms with Crippen molar-refractivity contribution in [3.8, 4) is 16.9 Å². The van der Waals surface area contributed by atoms with E-state index in [2.05, 4.69) is 13.0 Å². The first-order chi connectivity index (χ1) is 7.33. The van der Waals surface area contributed by atoms with E-state index in [1.54, 1.807) is 6.07 Å². The number of phenolic OH excluding ortho intramolecular Hbond substituents is 1. The van der Waals surface area contributed by atoms with Crippen molar-refractivity contribution in [2.24, 2.45) is 0 Å². The van der Waals surface area contributed by atoms with Crippen LogP contribution in [0.4, 0.5) is 0 Å². The van der Waals surface area contributed by atoms with Crippen molar-refractivity contribution < 1.29 is 5.11 Å². The van der Waals surface area contributed by atoms with Gasteiger partial charge in [0.15, 0.2) is 0 Å². The van der Waals surface area contributed by atoms with Crippen LogP contribution >= 0.6 is 0 Å². The van der Waals surface area contributed by atoms with Gasteiger partial charge in [-0.05, 0) is 23.6 Å². The van der Waals surface area contributed by atoms with Crippen molar-refractivity contribution in [3.05, 3.63) is 54.1 Å². The van der Waals surface area contributed by atoms with Crippen molar-refractivity contribution >= 4 is 29.6 Å². The van der Waals surface area contributed by atoms with Gasteiger partial charge < -0.3 is 5.11 Å². The van der Waals surface area contributed by atoms with Crippen LogP contribution in [0.5, 0.6) is 5.75 Å². The van der Waals surface area contributed by atoms with Crippen LogP contribution in [-0.2, 0) is 6.42 Å². The van der Waals surface area contributed by atoms with Crippen molar-refractivity contribution in [2.75, 3.05) is 0 Å². The molecule has 0 aromatic heterocycles. The Hall–Kier alpha value is -0.760. The van der Waals surface area contributed by atoms with Crippen molar-refractivity contribution in [1.82, 2.24) is 0 Å². The summed E-state index contributed by atoms with van der Waals surface area (Å²) in [6.45, 7) is 2.10. The fraction of sp³-hybridized carbons (Fsp3) is 0.143. The van der Waals surface area contributed by atoms with Crippen LogP contribution in [0.25, 0.3) is 11.1 Å². The second kappa shape index (κ2) is 6.09. The van der Waals surface area contributed by atoms with Crippen LogP contribution < -0.4 is 0 Å². The molecule has 0 aliphatic rings. The number of aromatic hydroxyl groups is 1. The molecule has 1 N–H and O–H groups in total. The van der Waals surface area contributed by atoms with E-state index < -0.39 is 0 Å². The standard InChI is InChI=1S/C14H14O.Na/c1-2-11-9-6-10-13(15)14(11)12-7-4-3-5-8-12;/h3-10,15H,2H2,1H3;. The van der Waals surface area contributed by atoms with Gasteiger partial charge in [0.05, 0.1) is 0 Å². The first-order valence-electron chi connectivity index (χ1n) is 5.19. The Bertz CT molecular complexity index is 452. The van der Waals surface area contributed by atoms with Gasteiger partial charge in [-0.25, -0.2) is 0 Å². The van der Waals surface area contributed by atoms with Gasteiger partial charge in [0.25, 0.3) is 0 Å². The van der Waals surface area contributed by atoms with Crippen LogP contribution in [0.2, 0.25) is 0 Å². The second-order valence-electron chi connectivity index (χ2n) is 3.53. The summed E-state index contributed by atoms with van der Waals surface area (Å²) in [6.07, 6.45) is 0.929. The topological polar surface area (TPSA) is 20.2 Å². The summed E-state index contributed by atoms with van der Waals surface area (Å²) in [4.78, 5) is 0. The van der Waals surface area contributed by atoms with E-state index in [9.17, 15) is 5.11 Å². The van der Waals surface area contributed by atoms with Crippen molar-refractivity contribution in [3.63, 3.8) is 0 Å². The largest absolute Gasteiger partial charge is 0.507 e. The molecule has 0 aliphatic heterocycles. The predicted octanol–water partition coefficient (Wildman–Crippen LogP) is 3.24. The van der Waals surface area contributed by atoms with Gasteiger partial charge in [-0.1, -0.05) is 49.4 Å². The van der Waals surface area contributed by atoms with Gasteiger partial charge in [0.1, 0.15) is 5.75 Å². The summed E-state index contributed by atoms with van der Waals surface area (Å²) in [5, 5.41) is 9.88. The summed E-state index contributed by atoms with van der Waals surface area (Å²) in [5.41, 5.74) is 3.22. The van der Waals surface area contributed by atoms with Crippen LogP contribution in [0.3, 0.4) is 0 Å².